The van der Waals surface area contributed by atoms with Crippen molar-refractivity contribution in [1.29, 1.82) is 0 Å². The highest BCUT2D eigenvalue weighted by atomic mass is 16.1. The fourth-order valence-corrected chi connectivity index (χ4v) is 0.855. The van der Waals surface area contributed by atoms with E-state index in [0.29, 0.717) is 13.0 Å². The van der Waals surface area contributed by atoms with Gasteiger partial charge in [-0.15, -0.1) is 0 Å². The van der Waals surface area contributed by atoms with Gasteiger partial charge in [-0.1, -0.05) is 13.8 Å². The molecule has 0 aliphatic rings. The minimum atomic E-state index is 0.116. The van der Waals surface area contributed by atoms with Crippen molar-refractivity contribution in [3.63, 3.8) is 0 Å². The third-order valence-corrected chi connectivity index (χ3v) is 1.62. The van der Waals surface area contributed by atoms with Crippen LogP contribution in [0, 0.1) is 0 Å². The molecule has 3 N–H and O–H groups in total. The summed E-state index contributed by atoms with van der Waals surface area (Å²) in [5.74, 6) is 0.116. The van der Waals surface area contributed by atoms with Crippen molar-refractivity contribution >= 4 is 5.91 Å². The van der Waals surface area contributed by atoms with Crippen LogP contribution in [0.2, 0.25) is 0 Å². The quantitative estimate of drug-likeness (QED) is 0.617. The lowest BCUT2D eigenvalue weighted by molar-refractivity contribution is -0.121. The molecule has 66 valence electrons. The highest BCUT2D eigenvalue weighted by Gasteiger charge is 2.06. The summed E-state index contributed by atoms with van der Waals surface area (Å²) in [5, 5.41) is 2.85. The maximum atomic E-state index is 11.0. The topological polar surface area (TPSA) is 55.1 Å². The van der Waals surface area contributed by atoms with Gasteiger partial charge in [-0.25, -0.2) is 0 Å². The third kappa shape index (κ3) is 4.79. The predicted molar refractivity (Wildman–Crippen MR) is 46.2 cm³/mol. The molecule has 1 amide bonds. The summed E-state index contributed by atoms with van der Waals surface area (Å²) < 4.78 is 0. The van der Waals surface area contributed by atoms with E-state index in [2.05, 4.69) is 5.32 Å². The largest absolute Gasteiger partial charge is 0.352 e. The highest BCUT2D eigenvalue weighted by molar-refractivity contribution is 5.76. The molecule has 0 saturated carbocycles. The summed E-state index contributed by atoms with van der Waals surface area (Å²) in [7, 11) is 0. The standard InChI is InChI=1S/C8H18N2O/c1-3-5-8(11)10-7(4-2)6-9/h7H,3-6,9H2,1-2H3,(H,10,11). The number of amides is 1. The molecule has 0 fully saturated rings. The van der Waals surface area contributed by atoms with Crippen molar-refractivity contribution in [3.8, 4) is 0 Å². The molecule has 3 heteroatoms. The Bertz CT molecular complexity index is 111. The van der Waals surface area contributed by atoms with Gasteiger partial charge in [0.1, 0.15) is 0 Å². The Morgan fingerprint density at radius 1 is 1.55 bits per heavy atom. The zero-order valence-electron chi connectivity index (χ0n) is 7.39. The number of nitrogens with one attached hydrogen (secondary N) is 1. The van der Waals surface area contributed by atoms with Crippen LogP contribution in [0.5, 0.6) is 0 Å². The lowest BCUT2D eigenvalue weighted by atomic mass is 10.2. The van der Waals surface area contributed by atoms with E-state index in [1.807, 2.05) is 13.8 Å². The minimum Gasteiger partial charge on any atom is -0.352 e. The number of hydrogen-bond donors (Lipinski definition) is 2. The molecule has 0 aromatic carbocycles. The SMILES string of the molecule is CCCC(=O)NC(CC)CN. The van der Waals surface area contributed by atoms with Crippen LogP contribution in [0.3, 0.4) is 0 Å². The van der Waals surface area contributed by atoms with E-state index in [1.165, 1.54) is 0 Å². The van der Waals surface area contributed by atoms with Gasteiger partial charge in [0.15, 0.2) is 0 Å². The smallest absolute Gasteiger partial charge is 0.220 e. The van der Waals surface area contributed by atoms with Gasteiger partial charge in [0, 0.05) is 19.0 Å². The molecule has 0 aromatic heterocycles. The molecule has 0 aliphatic carbocycles. The predicted octanol–water partition coefficient (Wildman–Crippen LogP) is 0.640. The maximum absolute atomic E-state index is 11.0. The molecule has 0 aliphatic heterocycles. The zero-order valence-corrected chi connectivity index (χ0v) is 7.39. The second-order valence-corrected chi connectivity index (χ2v) is 2.66. The molecular formula is C8H18N2O. The summed E-state index contributed by atoms with van der Waals surface area (Å²) >= 11 is 0. The van der Waals surface area contributed by atoms with Crippen molar-refractivity contribution in [2.45, 2.75) is 39.2 Å². The lowest BCUT2D eigenvalue weighted by Crippen LogP contribution is -2.39. The third-order valence-electron chi connectivity index (χ3n) is 1.62. The van der Waals surface area contributed by atoms with Gasteiger partial charge >= 0.3 is 0 Å². The second-order valence-electron chi connectivity index (χ2n) is 2.66. The van der Waals surface area contributed by atoms with E-state index in [0.717, 1.165) is 12.8 Å². The molecule has 0 heterocycles. The molecule has 0 rings (SSSR count). The van der Waals surface area contributed by atoms with E-state index in [9.17, 15) is 4.79 Å². The molecular weight excluding hydrogens is 140 g/mol. The normalized spacial score (nSPS) is 12.6. The Balaban J connectivity index is 3.54. The summed E-state index contributed by atoms with van der Waals surface area (Å²) in [6.07, 6.45) is 2.41. The number of rotatable bonds is 5. The van der Waals surface area contributed by atoms with Crippen molar-refractivity contribution in [2.75, 3.05) is 6.54 Å². The van der Waals surface area contributed by atoms with Gasteiger partial charge in [0.25, 0.3) is 0 Å². The monoisotopic (exact) mass is 158 g/mol. The molecule has 1 unspecified atom stereocenters. The first kappa shape index (κ1) is 10.4. The Kier molecular flexibility index (Phi) is 5.84. The summed E-state index contributed by atoms with van der Waals surface area (Å²) in [4.78, 5) is 11.0. The van der Waals surface area contributed by atoms with Gasteiger partial charge in [-0.3, -0.25) is 4.79 Å². The lowest BCUT2D eigenvalue weighted by Gasteiger charge is -2.13. The number of hydrogen-bond acceptors (Lipinski definition) is 2. The minimum absolute atomic E-state index is 0.116. The van der Waals surface area contributed by atoms with Crippen LogP contribution in [0.4, 0.5) is 0 Å². The fourth-order valence-electron chi connectivity index (χ4n) is 0.855. The maximum Gasteiger partial charge on any atom is 0.220 e. The molecule has 0 aromatic rings. The number of nitrogens with two attached hydrogens (primary N) is 1. The number of carbonyl (C=O) groups excluding carboxylic acids is 1. The first-order chi connectivity index (χ1) is 5.24. The summed E-state index contributed by atoms with van der Waals surface area (Å²) in [5.41, 5.74) is 5.41. The van der Waals surface area contributed by atoms with Crippen molar-refractivity contribution in [1.82, 2.24) is 5.32 Å². The fraction of sp³-hybridized carbons (Fsp3) is 0.875. The van der Waals surface area contributed by atoms with E-state index in [1.54, 1.807) is 0 Å². The van der Waals surface area contributed by atoms with Gasteiger partial charge in [-0.05, 0) is 12.8 Å². The molecule has 3 nitrogen and oxygen atoms in total. The molecule has 11 heavy (non-hydrogen) atoms. The average molecular weight is 158 g/mol. The van der Waals surface area contributed by atoms with Crippen LogP contribution in [0.25, 0.3) is 0 Å². The summed E-state index contributed by atoms with van der Waals surface area (Å²) in [6, 6.07) is 0.161. The van der Waals surface area contributed by atoms with Crippen molar-refractivity contribution in [3.05, 3.63) is 0 Å². The Hall–Kier alpha value is -0.570. The summed E-state index contributed by atoms with van der Waals surface area (Å²) in [6.45, 7) is 4.54. The van der Waals surface area contributed by atoms with Crippen LogP contribution in [-0.4, -0.2) is 18.5 Å². The zero-order chi connectivity index (χ0) is 8.69. The second kappa shape index (κ2) is 6.16. The van der Waals surface area contributed by atoms with Gasteiger partial charge in [0.2, 0.25) is 5.91 Å². The van der Waals surface area contributed by atoms with Crippen LogP contribution in [-0.2, 0) is 4.79 Å². The molecule has 1 atom stereocenters. The van der Waals surface area contributed by atoms with E-state index >= 15 is 0 Å². The first-order valence-electron chi connectivity index (χ1n) is 4.24. The Labute approximate surface area is 68.3 Å². The van der Waals surface area contributed by atoms with Crippen LogP contribution in [0.15, 0.2) is 0 Å². The molecule has 0 saturated heterocycles. The van der Waals surface area contributed by atoms with E-state index < -0.39 is 0 Å². The molecule has 0 radical (unpaired) electrons. The van der Waals surface area contributed by atoms with Crippen molar-refractivity contribution < 1.29 is 4.79 Å². The van der Waals surface area contributed by atoms with Crippen LogP contribution < -0.4 is 11.1 Å². The van der Waals surface area contributed by atoms with Gasteiger partial charge in [-0.2, -0.15) is 0 Å². The van der Waals surface area contributed by atoms with Crippen LogP contribution >= 0.6 is 0 Å². The van der Waals surface area contributed by atoms with Gasteiger partial charge in [0.05, 0.1) is 0 Å². The van der Waals surface area contributed by atoms with E-state index in [4.69, 9.17) is 5.73 Å². The Morgan fingerprint density at radius 2 is 2.18 bits per heavy atom. The van der Waals surface area contributed by atoms with Crippen molar-refractivity contribution in [2.24, 2.45) is 5.73 Å². The highest BCUT2D eigenvalue weighted by Crippen LogP contribution is 1.91. The number of carbonyl (C=O) groups is 1. The Morgan fingerprint density at radius 3 is 2.55 bits per heavy atom. The molecule has 0 spiro atoms. The van der Waals surface area contributed by atoms with Crippen LogP contribution in [0.1, 0.15) is 33.1 Å². The van der Waals surface area contributed by atoms with E-state index in [-0.39, 0.29) is 11.9 Å². The van der Waals surface area contributed by atoms with Gasteiger partial charge < -0.3 is 11.1 Å². The molecule has 0 bridgehead atoms. The first-order valence-corrected chi connectivity index (χ1v) is 4.24. The average Bonchev–Trinajstić information content (AvgIpc) is 2.01.